The van der Waals surface area contributed by atoms with Gasteiger partial charge in [0.2, 0.25) is 5.91 Å². The number of rotatable bonds is 8. The van der Waals surface area contributed by atoms with Crippen LogP contribution in [0.15, 0.2) is 83.8 Å². The van der Waals surface area contributed by atoms with E-state index < -0.39 is 22.9 Å². The predicted molar refractivity (Wildman–Crippen MR) is 185 cm³/mol. The van der Waals surface area contributed by atoms with Crippen LogP contribution >= 0.6 is 23.1 Å². The Balaban J connectivity index is 1.40. The quantitative estimate of drug-likeness (QED) is 0.145. The van der Waals surface area contributed by atoms with Crippen LogP contribution in [0.1, 0.15) is 68.3 Å². The summed E-state index contributed by atoms with van der Waals surface area (Å²) in [4.78, 5) is 56.0. The minimum atomic E-state index is -0.693. The highest BCUT2D eigenvalue weighted by atomic mass is 32.2. The zero-order valence-electron chi connectivity index (χ0n) is 26.9. The Morgan fingerprint density at radius 1 is 0.936 bits per heavy atom. The van der Waals surface area contributed by atoms with Gasteiger partial charge in [-0.05, 0) is 75.1 Å². The van der Waals surface area contributed by atoms with Crippen LogP contribution < -0.4 is 10.6 Å². The molecule has 244 valence electrons. The van der Waals surface area contributed by atoms with Gasteiger partial charge in [-0.1, -0.05) is 54.6 Å². The fraction of sp³-hybridized carbons (Fsp3) is 0.278. The van der Waals surface area contributed by atoms with E-state index in [0.717, 1.165) is 26.5 Å². The molecule has 0 bridgehead atoms. The Morgan fingerprint density at radius 2 is 1.66 bits per heavy atom. The fourth-order valence-corrected chi connectivity index (χ4v) is 7.52. The summed E-state index contributed by atoms with van der Waals surface area (Å²) < 4.78 is 10.7. The first-order valence-electron chi connectivity index (χ1n) is 15.1. The number of nitrogens with zero attached hydrogens (tertiary/aromatic N) is 1. The van der Waals surface area contributed by atoms with Crippen LogP contribution in [0, 0.1) is 6.92 Å². The molecular formula is C36H37N3O6S2. The number of carbonyl (C=O) groups excluding carboxylic acids is 4. The van der Waals surface area contributed by atoms with E-state index in [4.69, 9.17) is 9.47 Å². The second-order valence-corrected chi connectivity index (χ2v) is 14.3. The molecule has 11 heteroatoms. The molecule has 9 nitrogen and oxygen atoms in total. The maximum atomic E-state index is 14.1. The molecule has 1 aliphatic heterocycles. The van der Waals surface area contributed by atoms with Gasteiger partial charge in [0.05, 0.1) is 19.2 Å². The first-order chi connectivity index (χ1) is 22.4. The van der Waals surface area contributed by atoms with Crippen LogP contribution in [0.25, 0.3) is 0 Å². The number of ether oxygens (including phenoxy) is 2. The number of esters is 1. The second-order valence-electron chi connectivity index (χ2n) is 12.0. The Bertz CT molecular complexity index is 1800. The van der Waals surface area contributed by atoms with Crippen LogP contribution in [0.2, 0.25) is 0 Å². The monoisotopic (exact) mass is 671 g/mol. The number of anilines is 2. The smallest absolute Gasteiger partial charge is 0.410 e. The highest BCUT2D eigenvalue weighted by molar-refractivity contribution is 8.00. The van der Waals surface area contributed by atoms with E-state index in [9.17, 15) is 19.2 Å². The number of thioether (sulfide) groups is 1. The molecule has 0 spiro atoms. The van der Waals surface area contributed by atoms with E-state index in [2.05, 4.69) is 10.6 Å². The summed E-state index contributed by atoms with van der Waals surface area (Å²) in [6, 6.07) is 24.1. The number of amides is 3. The molecule has 1 unspecified atom stereocenters. The van der Waals surface area contributed by atoms with E-state index in [0.29, 0.717) is 34.8 Å². The van der Waals surface area contributed by atoms with Crippen molar-refractivity contribution in [2.75, 3.05) is 24.3 Å². The molecule has 3 aromatic carbocycles. The molecule has 0 radical (unpaired) electrons. The molecular weight excluding hydrogens is 635 g/mol. The van der Waals surface area contributed by atoms with Crippen molar-refractivity contribution in [2.45, 2.75) is 56.4 Å². The Hall–Kier alpha value is -4.61. The van der Waals surface area contributed by atoms with Gasteiger partial charge < -0.3 is 25.0 Å². The maximum Gasteiger partial charge on any atom is 0.410 e. The van der Waals surface area contributed by atoms with Crippen molar-refractivity contribution < 1.29 is 28.7 Å². The van der Waals surface area contributed by atoms with Crippen molar-refractivity contribution in [2.24, 2.45) is 0 Å². The van der Waals surface area contributed by atoms with Gasteiger partial charge in [0.25, 0.3) is 5.91 Å². The van der Waals surface area contributed by atoms with E-state index in [1.54, 1.807) is 17.0 Å². The highest BCUT2D eigenvalue weighted by Crippen LogP contribution is 2.41. The van der Waals surface area contributed by atoms with Crippen molar-refractivity contribution in [3.8, 4) is 0 Å². The molecule has 1 aromatic heterocycles. The molecule has 5 rings (SSSR count). The number of benzene rings is 3. The third-order valence-electron chi connectivity index (χ3n) is 7.41. The molecule has 2 heterocycles. The number of carbonyl (C=O) groups is 4. The van der Waals surface area contributed by atoms with Gasteiger partial charge in [-0.15, -0.1) is 23.1 Å². The van der Waals surface area contributed by atoms with E-state index in [-0.39, 0.29) is 18.4 Å². The molecule has 0 fully saturated rings. The Kier molecular flexibility index (Phi) is 10.4. The van der Waals surface area contributed by atoms with Crippen LogP contribution in [0.4, 0.5) is 15.5 Å². The molecule has 4 aromatic rings. The Labute approximate surface area is 282 Å². The summed E-state index contributed by atoms with van der Waals surface area (Å²) in [6.07, 6.45) is -0.0110. The number of fused-ring (bicyclic) bond motifs is 1. The lowest BCUT2D eigenvalue weighted by atomic mass is 10.0. The molecule has 2 N–H and O–H groups in total. The third-order valence-corrected chi connectivity index (χ3v) is 9.79. The van der Waals surface area contributed by atoms with Crippen LogP contribution in [0.3, 0.4) is 0 Å². The fourth-order valence-electron chi connectivity index (χ4n) is 5.18. The average molecular weight is 672 g/mol. The summed E-state index contributed by atoms with van der Waals surface area (Å²) in [7, 11) is 1.31. The molecule has 1 atom stereocenters. The lowest BCUT2D eigenvalue weighted by molar-refractivity contribution is -0.115. The first kappa shape index (κ1) is 33.7. The van der Waals surface area contributed by atoms with Gasteiger partial charge in [0.15, 0.2) is 0 Å². The van der Waals surface area contributed by atoms with Crippen molar-refractivity contribution in [3.63, 3.8) is 0 Å². The standard InChI is InChI=1S/C36H37N3O6S2/c1-22-12-9-10-17-26(22)31(40)37-24-15-11-16-25(20-24)46-30(23-13-7-6-8-14-23)32(41)38-33-29(34(42)44-5)27-18-19-39(21-28(27)47-33)35(43)45-36(2,3)4/h6-17,20,30H,18-19,21H2,1-5H3,(H,37,40)(H,38,41). The zero-order chi connectivity index (χ0) is 33.7. The molecule has 47 heavy (non-hydrogen) atoms. The summed E-state index contributed by atoms with van der Waals surface area (Å²) >= 11 is 2.59. The van der Waals surface area contributed by atoms with Gasteiger partial charge in [0.1, 0.15) is 15.9 Å². The molecule has 0 saturated carbocycles. The van der Waals surface area contributed by atoms with E-state index in [1.807, 2.05) is 94.4 Å². The van der Waals surface area contributed by atoms with E-state index >= 15 is 0 Å². The lowest BCUT2D eigenvalue weighted by Gasteiger charge is -2.30. The first-order valence-corrected chi connectivity index (χ1v) is 16.8. The number of hydrogen-bond acceptors (Lipinski definition) is 8. The predicted octanol–water partition coefficient (Wildman–Crippen LogP) is 7.86. The van der Waals surface area contributed by atoms with E-state index in [1.165, 1.54) is 30.2 Å². The summed E-state index contributed by atoms with van der Waals surface area (Å²) in [6.45, 7) is 7.95. The summed E-state index contributed by atoms with van der Waals surface area (Å²) in [5.41, 5.74) is 3.25. The number of methoxy groups -OCH3 is 1. The minimum Gasteiger partial charge on any atom is -0.465 e. The van der Waals surface area contributed by atoms with Crippen molar-refractivity contribution >= 4 is 57.7 Å². The van der Waals surface area contributed by atoms with Crippen LogP contribution in [0.5, 0.6) is 0 Å². The van der Waals surface area contributed by atoms with Crippen molar-refractivity contribution in [1.82, 2.24) is 4.90 Å². The molecule has 1 aliphatic rings. The summed E-state index contributed by atoms with van der Waals surface area (Å²) in [5.74, 6) is -1.10. The summed E-state index contributed by atoms with van der Waals surface area (Å²) in [5, 5.41) is 5.65. The minimum absolute atomic E-state index is 0.218. The maximum absolute atomic E-state index is 14.1. The van der Waals surface area contributed by atoms with Crippen molar-refractivity contribution in [1.29, 1.82) is 0 Å². The van der Waals surface area contributed by atoms with Gasteiger partial charge >= 0.3 is 12.1 Å². The number of thiophene rings is 1. The Morgan fingerprint density at radius 3 is 2.36 bits per heavy atom. The molecule has 0 aliphatic carbocycles. The van der Waals surface area contributed by atoms with Crippen LogP contribution in [-0.4, -0.2) is 48.0 Å². The molecule has 0 saturated heterocycles. The SMILES string of the molecule is COC(=O)c1c(NC(=O)C(Sc2cccc(NC(=O)c3ccccc3C)c2)c2ccccc2)sc2c1CCN(C(=O)OC(C)(C)C)C2. The topological polar surface area (TPSA) is 114 Å². The second kappa shape index (κ2) is 14.4. The van der Waals surface area contributed by atoms with Gasteiger partial charge in [-0.3, -0.25) is 9.59 Å². The van der Waals surface area contributed by atoms with Gasteiger partial charge in [-0.2, -0.15) is 0 Å². The van der Waals surface area contributed by atoms with Gasteiger partial charge in [0, 0.05) is 27.6 Å². The third kappa shape index (κ3) is 8.22. The number of nitrogens with one attached hydrogen (secondary N) is 2. The van der Waals surface area contributed by atoms with Crippen LogP contribution in [-0.2, 0) is 27.2 Å². The molecule has 3 amide bonds. The highest BCUT2D eigenvalue weighted by Gasteiger charge is 2.33. The van der Waals surface area contributed by atoms with Crippen molar-refractivity contribution in [3.05, 3.63) is 112 Å². The normalized spacial score (nSPS) is 13.3. The van der Waals surface area contributed by atoms with Gasteiger partial charge in [-0.25, -0.2) is 9.59 Å². The lowest BCUT2D eigenvalue weighted by Crippen LogP contribution is -2.39. The zero-order valence-corrected chi connectivity index (χ0v) is 28.6. The largest absolute Gasteiger partial charge is 0.465 e. The number of aryl methyl sites for hydroxylation is 1. The number of hydrogen-bond donors (Lipinski definition) is 2. The average Bonchev–Trinajstić information content (AvgIpc) is 3.40.